The van der Waals surface area contributed by atoms with Gasteiger partial charge in [0.05, 0.1) is 10.6 Å². The zero-order valence-corrected chi connectivity index (χ0v) is 20.3. The molecule has 1 N–H and O–H groups in total. The van der Waals surface area contributed by atoms with E-state index in [4.69, 9.17) is 21.1 Å². The van der Waals surface area contributed by atoms with Crippen molar-refractivity contribution in [3.8, 4) is 11.5 Å². The molecule has 1 aliphatic rings. The molecule has 0 spiro atoms. The molecule has 0 fully saturated rings. The predicted octanol–water partition coefficient (Wildman–Crippen LogP) is 4.19. The smallest absolute Gasteiger partial charge is 0.264 e. The summed E-state index contributed by atoms with van der Waals surface area (Å²) in [4.78, 5) is 12.6. The van der Waals surface area contributed by atoms with E-state index in [0.717, 1.165) is 22.4 Å². The summed E-state index contributed by atoms with van der Waals surface area (Å²) < 4.78 is 52.8. The lowest BCUT2D eigenvalue weighted by Gasteiger charge is -2.25. The zero-order chi connectivity index (χ0) is 24.8. The predicted molar refractivity (Wildman–Crippen MR) is 131 cm³/mol. The van der Waals surface area contributed by atoms with Gasteiger partial charge in [0.25, 0.3) is 10.0 Å². The minimum absolute atomic E-state index is 0.0382. The molecule has 0 bridgehead atoms. The van der Waals surface area contributed by atoms with Gasteiger partial charge in [-0.25, -0.2) is 12.8 Å². The first-order chi connectivity index (χ1) is 16.8. The van der Waals surface area contributed by atoms with Crippen LogP contribution in [0.25, 0.3) is 0 Å². The molecule has 1 heterocycles. The van der Waals surface area contributed by atoms with Crippen LogP contribution in [-0.4, -0.2) is 40.6 Å². The Kier molecular flexibility index (Phi) is 7.77. The quantitative estimate of drug-likeness (QED) is 0.429. The van der Waals surface area contributed by atoms with Gasteiger partial charge in [0.15, 0.2) is 11.5 Å². The second-order valence-corrected chi connectivity index (χ2v) is 10.2. The molecule has 0 aliphatic carbocycles. The van der Waals surface area contributed by atoms with Gasteiger partial charge in [-0.15, -0.1) is 0 Å². The number of aryl methyl sites for hydroxylation is 1. The van der Waals surface area contributed by atoms with Gasteiger partial charge in [-0.3, -0.25) is 9.10 Å². The molecule has 3 aromatic rings. The fourth-order valence-electron chi connectivity index (χ4n) is 3.62. The number of sulfonamides is 1. The lowest BCUT2D eigenvalue weighted by molar-refractivity contribution is -0.119. The summed E-state index contributed by atoms with van der Waals surface area (Å²) in [6, 6.07) is 16.8. The Morgan fingerprint density at radius 3 is 2.49 bits per heavy atom. The molecule has 4 rings (SSSR count). The molecule has 0 unspecified atom stereocenters. The van der Waals surface area contributed by atoms with Gasteiger partial charge in [0, 0.05) is 17.6 Å². The van der Waals surface area contributed by atoms with Crippen LogP contribution < -0.4 is 19.1 Å². The van der Waals surface area contributed by atoms with E-state index in [1.807, 2.05) is 12.1 Å². The maximum atomic E-state index is 13.9. The van der Waals surface area contributed by atoms with Crippen LogP contribution in [0.4, 0.5) is 10.1 Å². The fraction of sp³-hybridized carbons (Fsp3) is 0.240. The van der Waals surface area contributed by atoms with E-state index in [-0.39, 0.29) is 10.6 Å². The van der Waals surface area contributed by atoms with Gasteiger partial charge >= 0.3 is 0 Å². The van der Waals surface area contributed by atoms with E-state index in [0.29, 0.717) is 42.7 Å². The molecule has 7 nitrogen and oxygen atoms in total. The summed E-state index contributed by atoms with van der Waals surface area (Å²) in [6.07, 6.45) is 1.38. The van der Waals surface area contributed by atoms with Gasteiger partial charge in [-0.2, -0.15) is 0 Å². The monoisotopic (exact) mass is 518 g/mol. The average Bonchev–Trinajstić information content (AvgIpc) is 2.86. The average molecular weight is 519 g/mol. The van der Waals surface area contributed by atoms with Crippen LogP contribution in [-0.2, 0) is 21.2 Å². The number of hydrogen-bond donors (Lipinski definition) is 1. The number of hydrogen-bond acceptors (Lipinski definition) is 5. The first kappa shape index (κ1) is 24.8. The number of nitrogens with one attached hydrogen (secondary N) is 1. The Morgan fingerprint density at radius 1 is 1.00 bits per heavy atom. The summed E-state index contributed by atoms with van der Waals surface area (Å²) in [7, 11) is -4.22. The van der Waals surface area contributed by atoms with Gasteiger partial charge in [0.2, 0.25) is 5.91 Å². The van der Waals surface area contributed by atoms with E-state index in [1.165, 1.54) is 36.4 Å². The Labute approximate surface area is 208 Å². The van der Waals surface area contributed by atoms with Crippen LogP contribution in [0.3, 0.4) is 0 Å². The SMILES string of the molecule is O=C(CN(c1cccc(F)c1)S(=O)(=O)c1ccc2c(c1)OCCO2)NCCCc1ccc(Cl)cc1. The highest BCUT2D eigenvalue weighted by Crippen LogP contribution is 2.34. The van der Waals surface area contributed by atoms with Crippen LogP contribution in [0.2, 0.25) is 5.02 Å². The molecule has 0 saturated heterocycles. The van der Waals surface area contributed by atoms with Crippen molar-refractivity contribution in [3.05, 3.63) is 83.1 Å². The first-order valence-electron chi connectivity index (χ1n) is 11.0. The van der Waals surface area contributed by atoms with Crippen LogP contribution in [0.15, 0.2) is 71.6 Å². The third-order valence-corrected chi connectivity index (χ3v) is 7.38. The van der Waals surface area contributed by atoms with Crippen LogP contribution in [0.1, 0.15) is 12.0 Å². The number of fused-ring (bicyclic) bond motifs is 1. The molecule has 1 aliphatic heterocycles. The standard InChI is InChI=1S/C25H24ClFN2O5S/c26-19-8-6-18(7-9-19)3-2-12-28-25(30)17-29(21-5-1-4-20(27)15-21)35(31,32)22-10-11-23-24(16-22)34-14-13-33-23/h1,4-11,15-16H,2-3,12-14,17H2,(H,28,30). The van der Waals surface area contributed by atoms with Gasteiger partial charge < -0.3 is 14.8 Å². The highest BCUT2D eigenvalue weighted by Gasteiger charge is 2.29. The van der Waals surface area contributed by atoms with Crippen molar-refractivity contribution in [2.24, 2.45) is 0 Å². The van der Waals surface area contributed by atoms with Crippen molar-refractivity contribution >= 4 is 33.2 Å². The Hall–Kier alpha value is -3.30. The molecule has 1 amide bonds. The number of ether oxygens (including phenoxy) is 2. The van der Waals surface area contributed by atoms with Crippen LogP contribution in [0.5, 0.6) is 11.5 Å². The molecule has 0 radical (unpaired) electrons. The second kappa shape index (κ2) is 11.0. The maximum absolute atomic E-state index is 13.9. The van der Waals surface area contributed by atoms with Crippen LogP contribution >= 0.6 is 11.6 Å². The van der Waals surface area contributed by atoms with Crippen molar-refractivity contribution in [1.29, 1.82) is 0 Å². The van der Waals surface area contributed by atoms with Crippen molar-refractivity contribution in [2.45, 2.75) is 17.7 Å². The number of rotatable bonds is 9. The summed E-state index contributed by atoms with van der Waals surface area (Å²) >= 11 is 5.89. The highest BCUT2D eigenvalue weighted by atomic mass is 35.5. The number of carbonyl (C=O) groups is 1. The van der Waals surface area contributed by atoms with E-state index in [1.54, 1.807) is 12.1 Å². The normalized spacial score (nSPS) is 12.7. The van der Waals surface area contributed by atoms with Gasteiger partial charge in [-0.05, 0) is 60.9 Å². The number of carbonyl (C=O) groups excluding carboxylic acids is 1. The molecule has 35 heavy (non-hydrogen) atoms. The summed E-state index contributed by atoms with van der Waals surface area (Å²) in [5.74, 6) is -0.395. The lowest BCUT2D eigenvalue weighted by atomic mass is 10.1. The third-order valence-electron chi connectivity index (χ3n) is 5.36. The number of benzene rings is 3. The van der Waals surface area contributed by atoms with Gasteiger partial charge in [-0.1, -0.05) is 29.8 Å². The number of nitrogens with zero attached hydrogens (tertiary/aromatic N) is 1. The van der Waals surface area contributed by atoms with Crippen molar-refractivity contribution < 1.29 is 27.1 Å². The molecule has 0 atom stereocenters. The molecule has 10 heteroatoms. The Balaban J connectivity index is 1.48. The third kappa shape index (κ3) is 6.23. The van der Waals surface area contributed by atoms with E-state index in [9.17, 15) is 17.6 Å². The molecule has 184 valence electrons. The largest absolute Gasteiger partial charge is 0.486 e. The first-order valence-corrected chi connectivity index (χ1v) is 12.8. The van der Waals surface area contributed by atoms with E-state index >= 15 is 0 Å². The maximum Gasteiger partial charge on any atom is 0.264 e. The second-order valence-electron chi connectivity index (χ2n) is 7.88. The molecule has 0 saturated carbocycles. The van der Waals surface area contributed by atoms with Crippen molar-refractivity contribution in [1.82, 2.24) is 5.32 Å². The number of amides is 1. The van der Waals surface area contributed by atoms with Crippen LogP contribution in [0, 0.1) is 5.82 Å². The molecular weight excluding hydrogens is 495 g/mol. The molecule has 3 aromatic carbocycles. The van der Waals surface area contributed by atoms with Gasteiger partial charge in [0.1, 0.15) is 25.6 Å². The molecule has 0 aromatic heterocycles. The zero-order valence-electron chi connectivity index (χ0n) is 18.7. The minimum atomic E-state index is -4.22. The highest BCUT2D eigenvalue weighted by molar-refractivity contribution is 7.92. The summed E-state index contributed by atoms with van der Waals surface area (Å²) in [5.41, 5.74) is 1.11. The number of anilines is 1. The van der Waals surface area contributed by atoms with Crippen molar-refractivity contribution in [2.75, 3.05) is 30.6 Å². The lowest BCUT2D eigenvalue weighted by Crippen LogP contribution is -2.41. The Bertz CT molecular complexity index is 1300. The Morgan fingerprint density at radius 2 is 1.74 bits per heavy atom. The topological polar surface area (TPSA) is 84.9 Å². The summed E-state index contributed by atoms with van der Waals surface area (Å²) in [6.45, 7) is 0.499. The van der Waals surface area contributed by atoms with E-state index < -0.39 is 28.3 Å². The molecular formula is C25H24ClFN2O5S. The van der Waals surface area contributed by atoms with E-state index in [2.05, 4.69) is 5.32 Å². The number of halogens is 2. The summed E-state index contributed by atoms with van der Waals surface area (Å²) in [5, 5.41) is 3.39. The van der Waals surface area contributed by atoms with Crippen molar-refractivity contribution in [3.63, 3.8) is 0 Å². The fourth-order valence-corrected chi connectivity index (χ4v) is 5.17. The minimum Gasteiger partial charge on any atom is -0.486 e.